The molecule has 0 N–H and O–H groups in total. The number of ether oxygens (including phenoxy) is 1. The van der Waals surface area contributed by atoms with E-state index in [1.165, 1.54) is 0 Å². The second kappa shape index (κ2) is 5.77. The predicted octanol–water partition coefficient (Wildman–Crippen LogP) is 2.79. The molecule has 1 aromatic heterocycles. The molecule has 0 atom stereocenters. The molecule has 0 saturated carbocycles. The molecule has 2 aromatic rings. The van der Waals surface area contributed by atoms with Crippen LogP contribution in [0.1, 0.15) is 29.1 Å². The van der Waals surface area contributed by atoms with Crippen molar-refractivity contribution in [3.63, 3.8) is 0 Å². The quantitative estimate of drug-likeness (QED) is 0.794. The smallest absolute Gasteiger partial charge is 0.253 e. The third kappa shape index (κ3) is 2.76. The summed E-state index contributed by atoms with van der Waals surface area (Å²) >= 11 is 3.33. The summed E-state index contributed by atoms with van der Waals surface area (Å²) in [6.07, 6.45) is 1.42. The number of nitrogens with zero attached hydrogens (tertiary/aromatic N) is 2. The molecule has 18 heavy (non-hydrogen) atoms. The standard InChI is InChI=1S/C12H11BrN2O3/c1-2-10-14-15-11(18-10)7-17-12-8(6-16)4-3-5-9(12)13/h3-6H,2,7H2,1H3. The van der Waals surface area contributed by atoms with Gasteiger partial charge in [0.15, 0.2) is 12.9 Å². The number of aromatic nitrogens is 2. The van der Waals surface area contributed by atoms with Crippen molar-refractivity contribution >= 4 is 22.2 Å². The molecular formula is C12H11BrN2O3. The van der Waals surface area contributed by atoms with Gasteiger partial charge in [-0.05, 0) is 28.1 Å². The van der Waals surface area contributed by atoms with Crippen LogP contribution in [0.5, 0.6) is 5.75 Å². The monoisotopic (exact) mass is 310 g/mol. The van der Waals surface area contributed by atoms with Crippen LogP contribution in [-0.4, -0.2) is 16.5 Å². The fourth-order valence-electron chi connectivity index (χ4n) is 1.39. The van der Waals surface area contributed by atoms with Crippen molar-refractivity contribution in [2.75, 3.05) is 0 Å². The van der Waals surface area contributed by atoms with E-state index in [-0.39, 0.29) is 6.61 Å². The van der Waals surface area contributed by atoms with Crippen LogP contribution in [0.15, 0.2) is 27.1 Å². The summed E-state index contributed by atoms with van der Waals surface area (Å²) in [5, 5.41) is 7.68. The molecular weight excluding hydrogens is 300 g/mol. The van der Waals surface area contributed by atoms with Crippen LogP contribution in [0, 0.1) is 0 Å². The molecule has 1 heterocycles. The van der Waals surface area contributed by atoms with Crippen molar-refractivity contribution in [2.45, 2.75) is 20.0 Å². The Labute approximate surface area is 112 Å². The highest BCUT2D eigenvalue weighted by atomic mass is 79.9. The zero-order valence-corrected chi connectivity index (χ0v) is 11.3. The summed E-state index contributed by atoms with van der Waals surface area (Å²) in [5.41, 5.74) is 0.472. The summed E-state index contributed by atoms with van der Waals surface area (Å²) < 4.78 is 11.6. The molecule has 2 rings (SSSR count). The first kappa shape index (κ1) is 12.8. The van der Waals surface area contributed by atoms with Crippen LogP contribution in [0.3, 0.4) is 0 Å². The number of rotatable bonds is 5. The highest BCUT2D eigenvalue weighted by Gasteiger charge is 2.10. The van der Waals surface area contributed by atoms with Gasteiger partial charge in [-0.15, -0.1) is 10.2 Å². The van der Waals surface area contributed by atoms with E-state index in [4.69, 9.17) is 9.15 Å². The second-order valence-electron chi connectivity index (χ2n) is 3.51. The van der Waals surface area contributed by atoms with Gasteiger partial charge in [-0.25, -0.2) is 0 Å². The van der Waals surface area contributed by atoms with Crippen molar-refractivity contribution in [1.29, 1.82) is 0 Å². The van der Waals surface area contributed by atoms with Gasteiger partial charge < -0.3 is 9.15 Å². The predicted molar refractivity (Wildman–Crippen MR) is 67.5 cm³/mol. The Morgan fingerprint density at radius 3 is 2.83 bits per heavy atom. The number of carbonyl (C=O) groups excluding carboxylic acids is 1. The molecule has 94 valence electrons. The number of halogens is 1. The normalized spacial score (nSPS) is 10.3. The molecule has 0 unspecified atom stereocenters. The van der Waals surface area contributed by atoms with Crippen molar-refractivity contribution in [2.24, 2.45) is 0 Å². The minimum Gasteiger partial charge on any atom is -0.482 e. The van der Waals surface area contributed by atoms with Crippen LogP contribution < -0.4 is 4.74 Å². The molecule has 6 heteroatoms. The Balaban J connectivity index is 2.12. The number of para-hydroxylation sites is 1. The molecule has 0 spiro atoms. The minimum absolute atomic E-state index is 0.135. The van der Waals surface area contributed by atoms with Crippen molar-refractivity contribution < 1.29 is 13.9 Å². The summed E-state index contributed by atoms with van der Waals surface area (Å²) in [6.45, 7) is 2.06. The zero-order valence-electron chi connectivity index (χ0n) is 9.72. The maximum atomic E-state index is 10.9. The Morgan fingerprint density at radius 2 is 2.17 bits per heavy atom. The first-order valence-electron chi connectivity index (χ1n) is 5.42. The van der Waals surface area contributed by atoms with Crippen LogP contribution in [0.2, 0.25) is 0 Å². The van der Waals surface area contributed by atoms with Gasteiger partial charge in [0.1, 0.15) is 5.75 Å². The number of hydrogen-bond donors (Lipinski definition) is 0. The van der Waals surface area contributed by atoms with Crippen LogP contribution in [0.4, 0.5) is 0 Å². The van der Waals surface area contributed by atoms with Crippen LogP contribution >= 0.6 is 15.9 Å². The van der Waals surface area contributed by atoms with Gasteiger partial charge in [-0.1, -0.05) is 13.0 Å². The Bertz CT molecular complexity index is 554. The zero-order chi connectivity index (χ0) is 13.0. The average Bonchev–Trinajstić information content (AvgIpc) is 2.85. The lowest BCUT2D eigenvalue weighted by molar-refractivity contribution is 0.111. The minimum atomic E-state index is 0.135. The molecule has 0 aliphatic carbocycles. The second-order valence-corrected chi connectivity index (χ2v) is 4.36. The van der Waals surface area contributed by atoms with Gasteiger partial charge in [-0.3, -0.25) is 4.79 Å². The third-order valence-electron chi connectivity index (χ3n) is 2.28. The van der Waals surface area contributed by atoms with E-state index in [1.807, 2.05) is 6.92 Å². The van der Waals surface area contributed by atoms with E-state index in [9.17, 15) is 4.79 Å². The Kier molecular flexibility index (Phi) is 4.09. The number of aldehydes is 1. The number of aryl methyl sites for hydroxylation is 1. The van der Waals surface area contributed by atoms with E-state index in [0.29, 0.717) is 34.0 Å². The first-order valence-corrected chi connectivity index (χ1v) is 6.21. The Morgan fingerprint density at radius 1 is 1.39 bits per heavy atom. The van der Waals surface area contributed by atoms with E-state index in [1.54, 1.807) is 18.2 Å². The number of carbonyl (C=O) groups is 1. The summed E-state index contributed by atoms with van der Waals surface area (Å²) in [6, 6.07) is 5.24. The van der Waals surface area contributed by atoms with E-state index in [0.717, 1.165) is 6.29 Å². The van der Waals surface area contributed by atoms with Crippen molar-refractivity contribution in [3.05, 3.63) is 40.0 Å². The van der Waals surface area contributed by atoms with Gasteiger partial charge in [0, 0.05) is 6.42 Å². The largest absolute Gasteiger partial charge is 0.482 e. The van der Waals surface area contributed by atoms with Gasteiger partial charge >= 0.3 is 0 Å². The molecule has 0 saturated heterocycles. The van der Waals surface area contributed by atoms with E-state index in [2.05, 4.69) is 26.1 Å². The lowest BCUT2D eigenvalue weighted by Gasteiger charge is -2.07. The lowest BCUT2D eigenvalue weighted by atomic mass is 10.2. The fourth-order valence-corrected chi connectivity index (χ4v) is 1.89. The number of hydrogen-bond acceptors (Lipinski definition) is 5. The molecule has 0 fully saturated rings. The van der Waals surface area contributed by atoms with Gasteiger partial charge in [0.2, 0.25) is 5.89 Å². The molecule has 0 radical (unpaired) electrons. The average molecular weight is 311 g/mol. The molecule has 1 aromatic carbocycles. The number of benzene rings is 1. The fraction of sp³-hybridized carbons (Fsp3) is 0.250. The molecule has 0 bridgehead atoms. The maximum Gasteiger partial charge on any atom is 0.253 e. The summed E-state index contributed by atoms with van der Waals surface area (Å²) in [7, 11) is 0. The topological polar surface area (TPSA) is 65.2 Å². The van der Waals surface area contributed by atoms with Crippen molar-refractivity contribution in [1.82, 2.24) is 10.2 Å². The SMILES string of the molecule is CCc1nnc(COc2c(Br)cccc2C=O)o1. The van der Waals surface area contributed by atoms with Gasteiger partial charge in [0.05, 0.1) is 10.0 Å². The summed E-state index contributed by atoms with van der Waals surface area (Å²) in [5.74, 6) is 1.43. The first-order chi connectivity index (χ1) is 8.74. The molecule has 0 aliphatic rings. The highest BCUT2D eigenvalue weighted by Crippen LogP contribution is 2.28. The van der Waals surface area contributed by atoms with E-state index >= 15 is 0 Å². The molecule has 5 nitrogen and oxygen atoms in total. The maximum absolute atomic E-state index is 10.9. The highest BCUT2D eigenvalue weighted by molar-refractivity contribution is 9.10. The van der Waals surface area contributed by atoms with Gasteiger partial charge in [-0.2, -0.15) is 0 Å². The molecule has 0 amide bonds. The van der Waals surface area contributed by atoms with E-state index < -0.39 is 0 Å². The van der Waals surface area contributed by atoms with Gasteiger partial charge in [0.25, 0.3) is 5.89 Å². The van der Waals surface area contributed by atoms with Crippen molar-refractivity contribution in [3.8, 4) is 5.75 Å². The Hall–Kier alpha value is -1.69. The third-order valence-corrected chi connectivity index (χ3v) is 2.90. The van der Waals surface area contributed by atoms with Crippen LogP contribution in [-0.2, 0) is 13.0 Å². The molecule has 0 aliphatic heterocycles. The van der Waals surface area contributed by atoms with Crippen LogP contribution in [0.25, 0.3) is 0 Å². The summed E-state index contributed by atoms with van der Waals surface area (Å²) in [4.78, 5) is 10.9. The lowest BCUT2D eigenvalue weighted by Crippen LogP contribution is -1.99.